The van der Waals surface area contributed by atoms with Crippen LogP contribution in [-0.4, -0.2) is 23.1 Å². The number of ketones is 1. The van der Waals surface area contributed by atoms with Gasteiger partial charge in [0.15, 0.2) is 5.78 Å². The highest BCUT2D eigenvalue weighted by Gasteiger charge is 2.32. The van der Waals surface area contributed by atoms with E-state index < -0.39 is 11.2 Å². The smallest absolute Gasteiger partial charge is 0.237 e. The first-order valence-corrected chi connectivity index (χ1v) is 7.85. The third-order valence-electron chi connectivity index (χ3n) is 4.08. The molecule has 0 aliphatic rings. The number of rotatable bonds is 5. The summed E-state index contributed by atoms with van der Waals surface area (Å²) >= 11 is 5.82. The third-order valence-corrected chi connectivity index (χ3v) is 4.30. The highest BCUT2D eigenvalue weighted by Crippen LogP contribution is 2.34. The van der Waals surface area contributed by atoms with E-state index in [1.807, 2.05) is 25.1 Å². The molecule has 1 aromatic heterocycles. The molecule has 0 saturated heterocycles. The fourth-order valence-corrected chi connectivity index (χ4v) is 3.15. The minimum absolute atomic E-state index is 0.317. The maximum atomic E-state index is 12.9. The van der Waals surface area contributed by atoms with Gasteiger partial charge in [0, 0.05) is 27.7 Å². The molecule has 5 heteroatoms. The Morgan fingerprint density at radius 2 is 1.83 bits per heavy atom. The summed E-state index contributed by atoms with van der Waals surface area (Å²) in [5.74, 6) is -0.729. The van der Waals surface area contributed by atoms with Crippen LogP contribution in [0.4, 0.5) is 0 Å². The van der Waals surface area contributed by atoms with Crippen molar-refractivity contribution in [2.24, 2.45) is 0 Å². The van der Waals surface area contributed by atoms with Crippen molar-refractivity contribution in [1.29, 1.82) is 0 Å². The normalized spacial score (nSPS) is 12.1. The summed E-state index contributed by atoms with van der Waals surface area (Å²) in [6.45, 7) is 1.83. The van der Waals surface area contributed by atoms with Crippen LogP contribution in [0.25, 0.3) is 10.9 Å². The van der Waals surface area contributed by atoms with Gasteiger partial charge in [0.2, 0.25) is 5.24 Å². The van der Waals surface area contributed by atoms with Gasteiger partial charge in [0.05, 0.1) is 7.11 Å². The molecule has 0 bridgehead atoms. The predicted molar refractivity (Wildman–Crippen MR) is 94.0 cm³/mol. The Labute approximate surface area is 144 Å². The lowest BCUT2D eigenvalue weighted by Gasteiger charge is -2.13. The molecule has 24 heavy (non-hydrogen) atoms. The minimum Gasteiger partial charge on any atom is -0.497 e. The number of benzene rings is 2. The summed E-state index contributed by atoms with van der Waals surface area (Å²) in [6.07, 6.45) is 0. The number of ether oxygens (including phenoxy) is 1. The number of methoxy groups -OCH3 is 1. The molecule has 3 aromatic rings. The fourth-order valence-electron chi connectivity index (χ4n) is 2.94. The zero-order valence-corrected chi connectivity index (χ0v) is 14.1. The lowest BCUT2D eigenvalue weighted by Crippen LogP contribution is -2.19. The monoisotopic (exact) mass is 341 g/mol. The average molecular weight is 342 g/mol. The highest BCUT2D eigenvalue weighted by atomic mass is 35.5. The van der Waals surface area contributed by atoms with Crippen LogP contribution >= 0.6 is 11.6 Å². The van der Waals surface area contributed by atoms with E-state index in [-0.39, 0.29) is 5.78 Å². The van der Waals surface area contributed by atoms with Gasteiger partial charge < -0.3 is 9.72 Å². The van der Waals surface area contributed by atoms with Crippen molar-refractivity contribution >= 4 is 33.5 Å². The number of aryl methyl sites for hydroxylation is 1. The Kier molecular flexibility index (Phi) is 4.40. The van der Waals surface area contributed by atoms with E-state index in [4.69, 9.17) is 16.3 Å². The van der Waals surface area contributed by atoms with Crippen LogP contribution in [0.1, 0.15) is 27.5 Å². The van der Waals surface area contributed by atoms with E-state index >= 15 is 0 Å². The Balaban J connectivity index is 2.19. The van der Waals surface area contributed by atoms with Crippen LogP contribution in [-0.2, 0) is 4.79 Å². The van der Waals surface area contributed by atoms with Gasteiger partial charge in [-0.15, -0.1) is 0 Å². The first-order chi connectivity index (χ1) is 11.5. The molecule has 3 rings (SSSR count). The molecule has 122 valence electrons. The van der Waals surface area contributed by atoms with Crippen LogP contribution in [0.3, 0.4) is 0 Å². The summed E-state index contributed by atoms with van der Waals surface area (Å²) in [6, 6.07) is 14.2. The summed E-state index contributed by atoms with van der Waals surface area (Å²) in [5.41, 5.74) is 2.61. The minimum atomic E-state index is -1.06. The van der Waals surface area contributed by atoms with Crippen molar-refractivity contribution in [3.8, 4) is 5.75 Å². The van der Waals surface area contributed by atoms with E-state index in [1.165, 1.54) is 0 Å². The first-order valence-electron chi connectivity index (χ1n) is 7.47. The standard InChI is InChI=1S/C19H16ClNO3/c1-11-16(14-10-13(24-2)8-9-15(14)21-11)17(19(20)23)18(22)12-6-4-3-5-7-12/h3-10,17,21H,1-2H3. The van der Waals surface area contributed by atoms with Crippen molar-refractivity contribution in [2.75, 3.05) is 7.11 Å². The maximum Gasteiger partial charge on any atom is 0.237 e. The number of halogens is 1. The maximum absolute atomic E-state index is 12.9. The largest absolute Gasteiger partial charge is 0.497 e. The van der Waals surface area contributed by atoms with Crippen LogP contribution in [0.2, 0.25) is 0 Å². The molecule has 0 saturated carbocycles. The predicted octanol–water partition coefficient (Wildman–Crippen LogP) is 4.22. The Morgan fingerprint density at radius 1 is 1.12 bits per heavy atom. The third kappa shape index (κ3) is 2.81. The van der Waals surface area contributed by atoms with E-state index in [1.54, 1.807) is 37.4 Å². The molecule has 0 spiro atoms. The van der Waals surface area contributed by atoms with Gasteiger partial charge in [-0.05, 0) is 36.7 Å². The van der Waals surface area contributed by atoms with Gasteiger partial charge in [0.25, 0.3) is 0 Å². The highest BCUT2D eigenvalue weighted by molar-refractivity contribution is 6.67. The summed E-state index contributed by atoms with van der Waals surface area (Å²) < 4.78 is 5.26. The molecule has 0 fully saturated rings. The summed E-state index contributed by atoms with van der Waals surface area (Å²) in [5, 5.41) is 0.0609. The molecule has 0 amide bonds. The number of carbonyl (C=O) groups excluding carboxylic acids is 2. The number of fused-ring (bicyclic) bond motifs is 1. The molecule has 0 aliphatic carbocycles. The number of aromatic amines is 1. The number of hydrogen-bond donors (Lipinski definition) is 1. The van der Waals surface area contributed by atoms with Crippen LogP contribution < -0.4 is 4.74 Å². The number of Topliss-reactive ketones (excluding diaryl/α,β-unsaturated/α-hetero) is 1. The van der Waals surface area contributed by atoms with Gasteiger partial charge in [-0.3, -0.25) is 9.59 Å². The number of aromatic nitrogens is 1. The number of carbonyl (C=O) groups is 2. The second-order valence-electron chi connectivity index (χ2n) is 5.54. The molecule has 0 radical (unpaired) electrons. The molecular weight excluding hydrogens is 326 g/mol. The number of nitrogens with one attached hydrogen (secondary N) is 1. The SMILES string of the molecule is COc1ccc2[nH]c(C)c(C(C(=O)Cl)C(=O)c3ccccc3)c2c1. The second-order valence-corrected chi connectivity index (χ2v) is 5.92. The quantitative estimate of drug-likeness (QED) is 0.429. The molecule has 1 atom stereocenters. The van der Waals surface area contributed by atoms with Crippen molar-refractivity contribution in [2.45, 2.75) is 12.8 Å². The fraction of sp³-hybridized carbons (Fsp3) is 0.158. The van der Waals surface area contributed by atoms with Crippen molar-refractivity contribution < 1.29 is 14.3 Å². The topological polar surface area (TPSA) is 59.2 Å². The van der Waals surface area contributed by atoms with E-state index in [0.717, 1.165) is 16.6 Å². The molecule has 1 N–H and O–H groups in total. The summed E-state index contributed by atoms with van der Waals surface area (Å²) in [7, 11) is 1.57. The van der Waals surface area contributed by atoms with Gasteiger partial charge in [-0.1, -0.05) is 30.3 Å². The molecule has 2 aromatic carbocycles. The first kappa shape index (κ1) is 16.3. The van der Waals surface area contributed by atoms with Gasteiger partial charge in [-0.25, -0.2) is 0 Å². The molecule has 1 unspecified atom stereocenters. The Bertz CT molecular complexity index is 915. The lowest BCUT2D eigenvalue weighted by molar-refractivity contribution is -0.112. The lowest BCUT2D eigenvalue weighted by atomic mass is 9.89. The molecule has 1 heterocycles. The van der Waals surface area contributed by atoms with E-state index in [2.05, 4.69) is 4.98 Å². The molecular formula is C19H16ClNO3. The Hall–Kier alpha value is -2.59. The van der Waals surface area contributed by atoms with Crippen molar-refractivity contribution in [3.63, 3.8) is 0 Å². The van der Waals surface area contributed by atoms with Gasteiger partial charge >= 0.3 is 0 Å². The zero-order chi connectivity index (χ0) is 17.3. The van der Waals surface area contributed by atoms with Crippen LogP contribution in [0, 0.1) is 6.92 Å². The van der Waals surface area contributed by atoms with Crippen molar-refractivity contribution in [1.82, 2.24) is 4.98 Å². The summed E-state index contributed by atoms with van der Waals surface area (Å²) in [4.78, 5) is 28.2. The van der Waals surface area contributed by atoms with Gasteiger partial charge in [-0.2, -0.15) is 0 Å². The van der Waals surface area contributed by atoms with E-state index in [0.29, 0.717) is 16.9 Å². The number of hydrogen-bond acceptors (Lipinski definition) is 3. The Morgan fingerprint density at radius 3 is 2.46 bits per heavy atom. The van der Waals surface area contributed by atoms with Crippen LogP contribution in [0.5, 0.6) is 5.75 Å². The van der Waals surface area contributed by atoms with Gasteiger partial charge in [0.1, 0.15) is 11.7 Å². The average Bonchev–Trinajstić information content (AvgIpc) is 2.91. The number of H-pyrrole nitrogens is 1. The second kappa shape index (κ2) is 6.49. The molecule has 4 nitrogen and oxygen atoms in total. The van der Waals surface area contributed by atoms with Crippen molar-refractivity contribution in [3.05, 3.63) is 65.4 Å². The zero-order valence-electron chi connectivity index (χ0n) is 13.3. The van der Waals surface area contributed by atoms with E-state index in [9.17, 15) is 9.59 Å². The van der Waals surface area contributed by atoms with Crippen LogP contribution in [0.15, 0.2) is 48.5 Å². The molecule has 0 aliphatic heterocycles.